The minimum Gasteiger partial charge on any atom is -0.341 e. The second-order valence-corrected chi connectivity index (χ2v) is 8.34. The SMILES string of the molecule is Fc1cccc(CN2CCCC(c3[nH]ncc3-c3ccnc(N4CCCC4)n3)C2)c1. The van der Waals surface area contributed by atoms with E-state index in [9.17, 15) is 4.39 Å². The van der Waals surface area contributed by atoms with Crippen LogP contribution in [0.5, 0.6) is 0 Å². The predicted octanol–water partition coefficient (Wildman–Crippen LogP) is 3.99. The van der Waals surface area contributed by atoms with E-state index in [2.05, 4.69) is 25.0 Å². The van der Waals surface area contributed by atoms with Gasteiger partial charge in [-0.1, -0.05) is 12.1 Å². The molecule has 0 aliphatic carbocycles. The van der Waals surface area contributed by atoms with Crippen molar-refractivity contribution in [3.05, 3.63) is 59.8 Å². The Balaban J connectivity index is 1.34. The number of hydrogen-bond donors (Lipinski definition) is 1. The van der Waals surface area contributed by atoms with Crippen LogP contribution in [-0.2, 0) is 6.54 Å². The van der Waals surface area contributed by atoms with Crippen molar-refractivity contribution in [2.45, 2.75) is 38.1 Å². The van der Waals surface area contributed by atoms with E-state index in [0.717, 1.165) is 74.0 Å². The summed E-state index contributed by atoms with van der Waals surface area (Å²) in [6.45, 7) is 4.78. The minimum atomic E-state index is -0.172. The number of H-pyrrole nitrogens is 1. The van der Waals surface area contributed by atoms with Gasteiger partial charge in [-0.2, -0.15) is 5.10 Å². The molecule has 0 spiro atoms. The lowest BCUT2D eigenvalue weighted by molar-refractivity contribution is 0.198. The lowest BCUT2D eigenvalue weighted by atomic mass is 9.91. The van der Waals surface area contributed by atoms with Crippen molar-refractivity contribution in [1.82, 2.24) is 25.1 Å². The first-order chi connectivity index (χ1) is 14.8. The fraction of sp³-hybridized carbons (Fsp3) is 0.435. The number of likely N-dealkylation sites (tertiary alicyclic amines) is 1. The van der Waals surface area contributed by atoms with Crippen molar-refractivity contribution in [2.75, 3.05) is 31.1 Å². The molecule has 1 atom stereocenters. The lowest BCUT2D eigenvalue weighted by Crippen LogP contribution is -2.34. The Labute approximate surface area is 176 Å². The molecule has 3 aromatic rings. The molecule has 0 radical (unpaired) electrons. The Morgan fingerprint density at radius 3 is 2.87 bits per heavy atom. The van der Waals surface area contributed by atoms with Crippen LogP contribution in [-0.4, -0.2) is 51.2 Å². The van der Waals surface area contributed by atoms with Gasteiger partial charge in [-0.15, -0.1) is 0 Å². The standard InChI is InChI=1S/C23H27FN6/c24-19-7-3-5-17(13-19)15-29-10-4-6-18(16-29)22-20(14-26-28-22)21-8-9-25-23(27-21)30-11-1-2-12-30/h3,5,7-9,13-14,18H,1-2,4,6,10-12,15-16H2,(H,26,28). The zero-order valence-electron chi connectivity index (χ0n) is 17.1. The highest BCUT2D eigenvalue weighted by atomic mass is 19.1. The first-order valence-corrected chi connectivity index (χ1v) is 10.8. The van der Waals surface area contributed by atoms with Crippen molar-refractivity contribution < 1.29 is 4.39 Å². The van der Waals surface area contributed by atoms with Crippen LogP contribution in [0.3, 0.4) is 0 Å². The number of hydrogen-bond acceptors (Lipinski definition) is 5. The number of anilines is 1. The number of aromatic nitrogens is 4. The van der Waals surface area contributed by atoms with Crippen molar-refractivity contribution in [1.29, 1.82) is 0 Å². The van der Waals surface area contributed by atoms with Crippen molar-refractivity contribution in [3.8, 4) is 11.3 Å². The maximum atomic E-state index is 13.6. The second kappa shape index (κ2) is 8.52. The van der Waals surface area contributed by atoms with Crippen LogP contribution in [0.15, 0.2) is 42.7 Å². The largest absolute Gasteiger partial charge is 0.341 e. The molecule has 2 aromatic heterocycles. The molecular formula is C23H27FN6. The van der Waals surface area contributed by atoms with Gasteiger partial charge < -0.3 is 4.90 Å². The van der Waals surface area contributed by atoms with Gasteiger partial charge in [-0.25, -0.2) is 14.4 Å². The third kappa shape index (κ3) is 4.07. The first-order valence-electron chi connectivity index (χ1n) is 10.8. The second-order valence-electron chi connectivity index (χ2n) is 8.34. The van der Waals surface area contributed by atoms with E-state index >= 15 is 0 Å². The van der Waals surface area contributed by atoms with E-state index < -0.39 is 0 Å². The number of aromatic amines is 1. The predicted molar refractivity (Wildman–Crippen MR) is 115 cm³/mol. The molecule has 2 aliphatic heterocycles. The smallest absolute Gasteiger partial charge is 0.225 e. The Morgan fingerprint density at radius 1 is 1.10 bits per heavy atom. The van der Waals surface area contributed by atoms with E-state index in [-0.39, 0.29) is 5.82 Å². The highest BCUT2D eigenvalue weighted by Gasteiger charge is 2.26. The Kier molecular flexibility index (Phi) is 5.45. The fourth-order valence-electron chi connectivity index (χ4n) is 4.71. The topological polar surface area (TPSA) is 60.9 Å². The number of benzene rings is 1. The van der Waals surface area contributed by atoms with Gasteiger partial charge in [0.2, 0.25) is 5.95 Å². The van der Waals surface area contributed by atoms with Crippen LogP contribution in [0.4, 0.5) is 10.3 Å². The minimum absolute atomic E-state index is 0.172. The highest BCUT2D eigenvalue weighted by Crippen LogP contribution is 2.33. The van der Waals surface area contributed by atoms with E-state index in [1.165, 1.54) is 18.9 Å². The number of halogens is 1. The number of rotatable bonds is 5. The highest BCUT2D eigenvalue weighted by molar-refractivity contribution is 5.63. The number of piperidine rings is 1. The van der Waals surface area contributed by atoms with Gasteiger partial charge in [0.05, 0.1) is 11.9 Å². The molecule has 5 rings (SSSR count). The van der Waals surface area contributed by atoms with Gasteiger partial charge in [0.1, 0.15) is 5.82 Å². The van der Waals surface area contributed by atoms with Crippen molar-refractivity contribution in [2.24, 2.45) is 0 Å². The maximum absolute atomic E-state index is 13.6. The van der Waals surface area contributed by atoms with Crippen LogP contribution in [0.1, 0.15) is 42.9 Å². The quantitative estimate of drug-likeness (QED) is 0.694. The average Bonchev–Trinajstić information content (AvgIpc) is 3.47. The van der Waals surface area contributed by atoms with Gasteiger partial charge in [0.15, 0.2) is 0 Å². The van der Waals surface area contributed by atoms with Gasteiger partial charge in [-0.3, -0.25) is 10.00 Å². The van der Waals surface area contributed by atoms with Crippen LogP contribution in [0.2, 0.25) is 0 Å². The first kappa shape index (κ1) is 19.2. The summed E-state index contributed by atoms with van der Waals surface area (Å²) < 4.78 is 13.6. The molecular weight excluding hydrogens is 379 g/mol. The molecule has 2 fully saturated rings. The number of nitrogens with one attached hydrogen (secondary N) is 1. The van der Waals surface area contributed by atoms with Gasteiger partial charge in [0, 0.05) is 49.6 Å². The van der Waals surface area contributed by atoms with Gasteiger partial charge in [-0.05, 0) is 56.0 Å². The third-order valence-electron chi connectivity index (χ3n) is 6.19. The van der Waals surface area contributed by atoms with Crippen LogP contribution in [0.25, 0.3) is 11.3 Å². The molecule has 4 heterocycles. The molecule has 2 aliphatic rings. The monoisotopic (exact) mass is 406 g/mol. The molecule has 6 nitrogen and oxygen atoms in total. The lowest BCUT2D eigenvalue weighted by Gasteiger charge is -2.32. The molecule has 2 saturated heterocycles. The molecule has 30 heavy (non-hydrogen) atoms. The van der Waals surface area contributed by atoms with Crippen molar-refractivity contribution in [3.63, 3.8) is 0 Å². The summed E-state index contributed by atoms with van der Waals surface area (Å²) in [5.41, 5.74) is 4.16. The Bertz CT molecular complexity index is 997. The molecule has 7 heteroatoms. The zero-order valence-corrected chi connectivity index (χ0v) is 17.1. The normalized spacial score (nSPS) is 20.0. The summed E-state index contributed by atoms with van der Waals surface area (Å²) in [6, 6.07) is 8.88. The molecule has 0 saturated carbocycles. The van der Waals surface area contributed by atoms with E-state index in [4.69, 9.17) is 4.98 Å². The third-order valence-corrected chi connectivity index (χ3v) is 6.19. The summed E-state index contributed by atoms with van der Waals surface area (Å²) in [5.74, 6) is 0.998. The van der Waals surface area contributed by atoms with Crippen LogP contribution < -0.4 is 4.90 Å². The Morgan fingerprint density at radius 2 is 2.00 bits per heavy atom. The van der Waals surface area contributed by atoms with Crippen LogP contribution >= 0.6 is 0 Å². The van der Waals surface area contributed by atoms with E-state index in [1.54, 1.807) is 12.1 Å². The van der Waals surface area contributed by atoms with Gasteiger partial charge >= 0.3 is 0 Å². The molecule has 0 bridgehead atoms. The molecule has 1 unspecified atom stereocenters. The summed E-state index contributed by atoms with van der Waals surface area (Å²) in [6.07, 6.45) is 8.36. The molecule has 156 valence electrons. The summed E-state index contributed by atoms with van der Waals surface area (Å²) in [4.78, 5) is 14.0. The van der Waals surface area contributed by atoms with Crippen molar-refractivity contribution >= 4 is 5.95 Å². The molecule has 1 aromatic carbocycles. The molecule has 1 N–H and O–H groups in total. The summed E-state index contributed by atoms with van der Waals surface area (Å²) >= 11 is 0. The van der Waals surface area contributed by atoms with E-state index in [0.29, 0.717) is 5.92 Å². The fourth-order valence-corrected chi connectivity index (χ4v) is 4.71. The number of nitrogens with zero attached hydrogens (tertiary/aromatic N) is 5. The molecule has 0 amide bonds. The Hall–Kier alpha value is -2.80. The summed E-state index contributed by atoms with van der Waals surface area (Å²) in [5, 5.41) is 7.60. The average molecular weight is 407 g/mol. The van der Waals surface area contributed by atoms with E-state index in [1.807, 2.05) is 24.5 Å². The summed E-state index contributed by atoms with van der Waals surface area (Å²) in [7, 11) is 0. The van der Waals surface area contributed by atoms with Gasteiger partial charge in [0.25, 0.3) is 0 Å². The van der Waals surface area contributed by atoms with Crippen LogP contribution in [0, 0.1) is 5.82 Å². The maximum Gasteiger partial charge on any atom is 0.225 e. The zero-order chi connectivity index (χ0) is 20.3.